The predicted octanol–water partition coefficient (Wildman–Crippen LogP) is 4.29. The van der Waals surface area contributed by atoms with Gasteiger partial charge in [-0.15, -0.1) is 13.2 Å². The third-order valence-electron chi connectivity index (χ3n) is 10.3. The first-order chi connectivity index (χ1) is 23.0. The highest BCUT2D eigenvalue weighted by Gasteiger charge is 2.75. The Kier molecular flexibility index (Phi) is 10.6. The van der Waals surface area contributed by atoms with Gasteiger partial charge >= 0.3 is 5.97 Å². The van der Waals surface area contributed by atoms with Crippen LogP contribution < -0.4 is 4.90 Å². The predicted molar refractivity (Wildman–Crippen MR) is 182 cm³/mol. The van der Waals surface area contributed by atoms with Crippen molar-refractivity contribution in [3.05, 3.63) is 90.5 Å². The second kappa shape index (κ2) is 14.5. The Balaban J connectivity index is 1.48. The molecule has 3 fully saturated rings. The molecule has 2 aromatic rings. The Morgan fingerprint density at radius 2 is 1.88 bits per heavy atom. The lowest BCUT2D eigenvalue weighted by atomic mass is 9.70. The van der Waals surface area contributed by atoms with Crippen LogP contribution in [-0.4, -0.2) is 89.1 Å². The molecule has 3 heterocycles. The minimum atomic E-state index is -1.26. The minimum absolute atomic E-state index is 0.0840. The Bertz CT molecular complexity index is 1560. The Labute approximate surface area is 283 Å². The molecule has 3 aliphatic heterocycles. The number of nitrogens with zero attached hydrogens (tertiary/aromatic N) is 3. The van der Waals surface area contributed by atoms with E-state index in [0.717, 1.165) is 11.1 Å². The van der Waals surface area contributed by atoms with E-state index in [0.29, 0.717) is 30.5 Å². The summed E-state index contributed by atoms with van der Waals surface area (Å²) in [7, 11) is 1.68. The molecular weight excluding hydrogens is 610 g/mol. The maximum absolute atomic E-state index is 14.7. The lowest BCUT2D eigenvalue weighted by molar-refractivity contribution is -0.164. The summed E-state index contributed by atoms with van der Waals surface area (Å²) >= 11 is 0. The molecule has 10 nitrogen and oxygen atoms in total. The number of hydrogen-bond acceptors (Lipinski definition) is 7. The van der Waals surface area contributed by atoms with Crippen molar-refractivity contribution in [2.75, 3.05) is 31.6 Å². The summed E-state index contributed by atoms with van der Waals surface area (Å²) in [4.78, 5) is 60.8. The van der Waals surface area contributed by atoms with Crippen LogP contribution in [0.15, 0.2) is 73.8 Å². The molecule has 48 heavy (non-hydrogen) atoms. The van der Waals surface area contributed by atoms with Crippen molar-refractivity contribution in [1.29, 1.82) is 0 Å². The molecular formula is C38H47N3O7. The summed E-state index contributed by atoms with van der Waals surface area (Å²) in [6.45, 7) is 13.0. The van der Waals surface area contributed by atoms with Crippen molar-refractivity contribution in [2.45, 2.75) is 76.3 Å². The third kappa shape index (κ3) is 6.19. The summed E-state index contributed by atoms with van der Waals surface area (Å²) in [5.41, 5.74) is 2.00. The molecule has 0 aromatic heterocycles. The number of esters is 1. The van der Waals surface area contributed by atoms with E-state index >= 15 is 0 Å². The standard InChI is InChI=1S/C38H47N3O7/c1-7-9-15-30(43)39(6)26(5)33(27-13-11-10-12-14-27)47-37(46)31-29-18-19-38(48-29)32(31)35(44)41(21-22-42)34(38)36(45)40(20-8-2)28-23-24(3)16-17-25(28)4/h7-8,10-14,16-17,23,26,29,31-34,42H,1-2,9,15,18-22H2,3-6H3/t26-,29+,31-,32-,33+,34+,38-/m0/s1. The average Bonchev–Trinajstić information content (AvgIpc) is 3.73. The largest absolute Gasteiger partial charge is 0.455 e. The van der Waals surface area contributed by atoms with E-state index in [1.807, 2.05) is 69.3 Å². The molecule has 5 rings (SSSR count). The van der Waals surface area contributed by atoms with E-state index in [1.54, 1.807) is 29.0 Å². The molecule has 2 aromatic carbocycles. The zero-order chi connectivity index (χ0) is 34.7. The van der Waals surface area contributed by atoms with Crippen molar-refractivity contribution in [3.63, 3.8) is 0 Å². The van der Waals surface area contributed by atoms with Gasteiger partial charge in [0.2, 0.25) is 11.8 Å². The van der Waals surface area contributed by atoms with Gasteiger partial charge in [-0.05, 0) is 62.8 Å². The van der Waals surface area contributed by atoms with Crippen LogP contribution in [0.5, 0.6) is 0 Å². The maximum Gasteiger partial charge on any atom is 0.313 e. The van der Waals surface area contributed by atoms with Crippen LogP contribution in [0.4, 0.5) is 5.69 Å². The smallest absolute Gasteiger partial charge is 0.313 e. The zero-order valence-electron chi connectivity index (χ0n) is 28.3. The highest BCUT2D eigenvalue weighted by Crippen LogP contribution is 2.59. The molecule has 3 amide bonds. The second-order valence-electron chi connectivity index (χ2n) is 13.2. The van der Waals surface area contributed by atoms with Crippen LogP contribution in [0.3, 0.4) is 0 Å². The summed E-state index contributed by atoms with van der Waals surface area (Å²) < 4.78 is 12.9. The van der Waals surface area contributed by atoms with Gasteiger partial charge in [0, 0.05) is 32.2 Å². The molecule has 0 aliphatic carbocycles. The number of likely N-dealkylation sites (tertiary alicyclic amines) is 1. The van der Waals surface area contributed by atoms with E-state index < -0.39 is 53.6 Å². The highest BCUT2D eigenvalue weighted by molar-refractivity contribution is 6.05. The van der Waals surface area contributed by atoms with Crippen molar-refractivity contribution in [1.82, 2.24) is 9.80 Å². The van der Waals surface area contributed by atoms with Gasteiger partial charge in [-0.1, -0.05) is 54.6 Å². The van der Waals surface area contributed by atoms with Crippen molar-refractivity contribution in [2.24, 2.45) is 11.8 Å². The van der Waals surface area contributed by atoms with Gasteiger partial charge in [0.1, 0.15) is 17.7 Å². The summed E-state index contributed by atoms with van der Waals surface area (Å²) in [5, 5.41) is 10.0. The Hall–Kier alpha value is -4.28. The second-order valence-corrected chi connectivity index (χ2v) is 13.2. The van der Waals surface area contributed by atoms with E-state index in [-0.39, 0.29) is 37.9 Å². The first-order valence-corrected chi connectivity index (χ1v) is 16.7. The van der Waals surface area contributed by atoms with Crippen LogP contribution in [-0.2, 0) is 28.7 Å². The van der Waals surface area contributed by atoms with E-state index in [1.165, 1.54) is 4.90 Å². The van der Waals surface area contributed by atoms with Crippen molar-refractivity contribution >= 4 is 29.4 Å². The number of aliphatic hydroxyl groups excluding tert-OH is 1. The molecule has 7 atom stereocenters. The number of anilines is 1. The fourth-order valence-electron chi connectivity index (χ4n) is 7.77. The highest BCUT2D eigenvalue weighted by atomic mass is 16.6. The van der Waals surface area contributed by atoms with E-state index in [2.05, 4.69) is 13.2 Å². The van der Waals surface area contributed by atoms with Gasteiger partial charge in [0.05, 0.1) is 30.6 Å². The lowest BCUT2D eigenvalue weighted by Gasteiger charge is -2.37. The number of β-amino-alcohol motifs (C(OH)–C–C–N with tert-alkyl or cyclic N) is 1. The molecule has 1 N–H and O–H groups in total. The number of likely N-dealkylation sites (N-methyl/N-ethyl adjacent to an activating group) is 1. The Morgan fingerprint density at radius 1 is 1.15 bits per heavy atom. The summed E-state index contributed by atoms with van der Waals surface area (Å²) in [6, 6.07) is 13.5. The molecule has 0 radical (unpaired) electrons. The number of aliphatic hydroxyl groups is 1. The topological polar surface area (TPSA) is 117 Å². The lowest BCUT2D eigenvalue weighted by Crippen LogP contribution is -2.57. The fraction of sp³-hybridized carbons (Fsp3) is 0.474. The monoisotopic (exact) mass is 657 g/mol. The Morgan fingerprint density at radius 3 is 2.54 bits per heavy atom. The minimum Gasteiger partial charge on any atom is -0.455 e. The molecule has 256 valence electrons. The number of aryl methyl sites for hydroxylation is 2. The van der Waals surface area contributed by atoms with Crippen molar-refractivity contribution < 1.29 is 33.8 Å². The van der Waals surface area contributed by atoms with Gasteiger partial charge < -0.3 is 29.3 Å². The van der Waals surface area contributed by atoms with Crippen LogP contribution in [0.2, 0.25) is 0 Å². The molecule has 3 saturated heterocycles. The first-order valence-electron chi connectivity index (χ1n) is 16.7. The number of fused-ring (bicyclic) bond motifs is 1. The third-order valence-corrected chi connectivity index (χ3v) is 10.3. The van der Waals surface area contributed by atoms with Gasteiger partial charge in [-0.2, -0.15) is 0 Å². The molecule has 1 spiro atoms. The molecule has 0 saturated carbocycles. The molecule has 3 aliphatic rings. The number of benzene rings is 2. The number of carbonyl (C=O) groups is 4. The number of rotatable bonds is 14. The van der Waals surface area contributed by atoms with Crippen LogP contribution in [0, 0.1) is 25.7 Å². The summed E-state index contributed by atoms with van der Waals surface area (Å²) in [6.07, 6.45) is 3.56. The van der Waals surface area contributed by atoms with Gasteiger partial charge in [0.25, 0.3) is 5.91 Å². The van der Waals surface area contributed by atoms with E-state index in [9.17, 15) is 24.3 Å². The van der Waals surface area contributed by atoms with Crippen LogP contribution in [0.1, 0.15) is 55.4 Å². The number of hydrogen-bond donors (Lipinski definition) is 1. The number of ether oxygens (including phenoxy) is 2. The normalized spacial score (nSPS) is 25.3. The number of allylic oxidation sites excluding steroid dienone is 1. The molecule has 2 bridgehead atoms. The zero-order valence-corrected chi connectivity index (χ0v) is 28.3. The molecule has 0 unspecified atom stereocenters. The average molecular weight is 658 g/mol. The van der Waals surface area contributed by atoms with Crippen molar-refractivity contribution in [3.8, 4) is 0 Å². The SMILES string of the molecule is C=CCCC(=O)N(C)[C@@H](C)[C@@H](OC(=O)[C@@H]1[C@H]2C(=O)N(CCO)[C@H](C(=O)N(CC=C)c3cc(C)ccc3C)[C@]23CC[C@H]1O3)c1ccccc1. The van der Waals surface area contributed by atoms with Gasteiger partial charge in [0.15, 0.2) is 0 Å². The quantitative estimate of drug-likeness (QED) is 0.238. The molecule has 10 heteroatoms. The maximum atomic E-state index is 14.7. The first kappa shape index (κ1) is 35.0. The number of carbonyl (C=O) groups excluding carboxylic acids is 4. The van der Waals surface area contributed by atoms with Gasteiger partial charge in [-0.25, -0.2) is 0 Å². The van der Waals surface area contributed by atoms with E-state index in [4.69, 9.17) is 9.47 Å². The number of amides is 3. The summed E-state index contributed by atoms with van der Waals surface area (Å²) in [5.74, 6) is -3.40. The van der Waals surface area contributed by atoms with Gasteiger partial charge in [-0.3, -0.25) is 19.2 Å². The van der Waals surface area contributed by atoms with Crippen LogP contribution >= 0.6 is 0 Å². The van der Waals surface area contributed by atoms with Crippen LogP contribution in [0.25, 0.3) is 0 Å². The fourth-order valence-corrected chi connectivity index (χ4v) is 7.77.